The van der Waals surface area contributed by atoms with Gasteiger partial charge in [-0.05, 0) is 6.92 Å². The lowest BCUT2D eigenvalue weighted by atomic mass is 10.2. The number of hydrogen-bond donors (Lipinski definition) is 1. The van der Waals surface area contributed by atoms with Gasteiger partial charge in [0.05, 0.1) is 6.61 Å². The van der Waals surface area contributed by atoms with E-state index < -0.39 is 5.97 Å². The Balaban J connectivity index is 2.74. The van der Waals surface area contributed by atoms with Crippen molar-refractivity contribution >= 4 is 17.0 Å². The minimum absolute atomic E-state index is 0.194. The molecule has 0 radical (unpaired) electrons. The summed E-state index contributed by atoms with van der Waals surface area (Å²) >= 11 is 0. The van der Waals surface area contributed by atoms with E-state index in [0.717, 1.165) is 0 Å². The smallest absolute Gasteiger partial charge is 0.339 e. The maximum Gasteiger partial charge on any atom is 0.339 e. The van der Waals surface area contributed by atoms with Gasteiger partial charge in [0.2, 0.25) is 0 Å². The fraction of sp³-hybridized carbons (Fsp3) is 0.273. The molecule has 2 aromatic rings. The van der Waals surface area contributed by atoms with Crippen LogP contribution in [0.25, 0.3) is 11.0 Å². The van der Waals surface area contributed by atoms with Crippen molar-refractivity contribution in [1.82, 2.24) is 9.55 Å². The molecule has 16 heavy (non-hydrogen) atoms. The minimum Gasteiger partial charge on any atom is -0.492 e. The van der Waals surface area contributed by atoms with Crippen LogP contribution in [-0.2, 0) is 7.05 Å². The highest BCUT2D eigenvalue weighted by Crippen LogP contribution is 2.27. The highest BCUT2D eigenvalue weighted by atomic mass is 16.5. The van der Waals surface area contributed by atoms with E-state index in [1.54, 1.807) is 30.1 Å². The average Bonchev–Trinajstić information content (AvgIpc) is 2.58. The van der Waals surface area contributed by atoms with Crippen LogP contribution in [0.2, 0.25) is 0 Å². The van der Waals surface area contributed by atoms with Crippen molar-refractivity contribution in [1.29, 1.82) is 0 Å². The highest BCUT2D eigenvalue weighted by molar-refractivity contribution is 6.03. The van der Waals surface area contributed by atoms with Gasteiger partial charge in [-0.2, -0.15) is 0 Å². The van der Waals surface area contributed by atoms with E-state index in [1.165, 1.54) is 0 Å². The predicted molar refractivity (Wildman–Crippen MR) is 58.8 cm³/mol. The summed E-state index contributed by atoms with van der Waals surface area (Å²) in [6, 6.07) is 1.73. The molecule has 0 bridgehead atoms. The topological polar surface area (TPSA) is 64.3 Å². The van der Waals surface area contributed by atoms with Crippen LogP contribution in [0.15, 0.2) is 18.5 Å². The van der Waals surface area contributed by atoms with E-state index in [0.29, 0.717) is 23.4 Å². The van der Waals surface area contributed by atoms with Crippen LogP contribution in [0.3, 0.4) is 0 Å². The number of carboxylic acid groups (broad SMARTS) is 1. The lowest BCUT2D eigenvalue weighted by molar-refractivity contribution is 0.0698. The van der Waals surface area contributed by atoms with E-state index in [4.69, 9.17) is 9.84 Å². The summed E-state index contributed by atoms with van der Waals surface area (Å²) in [6.07, 6.45) is 3.10. The molecule has 0 aromatic carbocycles. The number of hydrogen-bond acceptors (Lipinski definition) is 3. The molecule has 0 unspecified atom stereocenters. The molecule has 0 aliphatic heterocycles. The molecule has 0 aliphatic rings. The molecular formula is C11H12N2O3. The lowest BCUT2D eigenvalue weighted by Gasteiger charge is -2.05. The number of aromatic nitrogens is 2. The molecular weight excluding hydrogens is 208 g/mol. The van der Waals surface area contributed by atoms with Crippen molar-refractivity contribution in [2.75, 3.05) is 6.61 Å². The summed E-state index contributed by atoms with van der Waals surface area (Å²) in [5.41, 5.74) is 1.36. The summed E-state index contributed by atoms with van der Waals surface area (Å²) in [6.45, 7) is 2.42. The van der Waals surface area contributed by atoms with Crippen LogP contribution >= 0.6 is 0 Å². The first-order chi connectivity index (χ1) is 7.65. The molecule has 5 heteroatoms. The zero-order valence-electron chi connectivity index (χ0n) is 9.10. The van der Waals surface area contributed by atoms with Crippen molar-refractivity contribution in [3.63, 3.8) is 0 Å². The molecule has 84 valence electrons. The number of nitrogens with zero attached hydrogens (tertiary/aromatic N) is 2. The Labute approximate surface area is 92.3 Å². The van der Waals surface area contributed by atoms with Crippen LogP contribution in [0, 0.1) is 0 Å². The van der Waals surface area contributed by atoms with Gasteiger partial charge in [-0.3, -0.25) is 4.98 Å². The van der Waals surface area contributed by atoms with Gasteiger partial charge >= 0.3 is 5.97 Å². The molecule has 0 fully saturated rings. The van der Waals surface area contributed by atoms with Crippen LogP contribution in [-0.4, -0.2) is 27.2 Å². The third kappa shape index (κ3) is 1.50. The first-order valence-electron chi connectivity index (χ1n) is 4.95. The second kappa shape index (κ2) is 3.84. The molecule has 0 amide bonds. The Morgan fingerprint density at radius 1 is 1.62 bits per heavy atom. The van der Waals surface area contributed by atoms with Gasteiger partial charge in [-0.1, -0.05) is 0 Å². The first kappa shape index (κ1) is 10.5. The van der Waals surface area contributed by atoms with Crippen molar-refractivity contribution < 1.29 is 14.6 Å². The van der Waals surface area contributed by atoms with Crippen LogP contribution < -0.4 is 4.74 Å². The van der Waals surface area contributed by atoms with E-state index >= 15 is 0 Å². The molecule has 0 atom stereocenters. The number of fused-ring (bicyclic) bond motifs is 1. The molecule has 2 aromatic heterocycles. The number of carboxylic acids is 1. The van der Waals surface area contributed by atoms with Crippen molar-refractivity contribution in [2.24, 2.45) is 7.05 Å². The first-order valence-corrected chi connectivity index (χ1v) is 4.95. The Morgan fingerprint density at radius 3 is 3.00 bits per heavy atom. The molecule has 2 rings (SSSR count). The fourth-order valence-electron chi connectivity index (χ4n) is 1.72. The fourth-order valence-corrected chi connectivity index (χ4v) is 1.72. The lowest BCUT2D eigenvalue weighted by Crippen LogP contribution is -1.96. The summed E-state index contributed by atoms with van der Waals surface area (Å²) in [7, 11) is 1.78. The molecule has 0 spiro atoms. The summed E-state index contributed by atoms with van der Waals surface area (Å²) in [5.74, 6) is -0.325. The van der Waals surface area contributed by atoms with Crippen molar-refractivity contribution in [2.45, 2.75) is 6.92 Å². The largest absolute Gasteiger partial charge is 0.492 e. The van der Waals surface area contributed by atoms with Crippen LogP contribution in [0.5, 0.6) is 5.75 Å². The number of aryl methyl sites for hydroxylation is 1. The van der Waals surface area contributed by atoms with E-state index in [9.17, 15) is 4.79 Å². The molecule has 0 saturated heterocycles. The van der Waals surface area contributed by atoms with Gasteiger partial charge in [-0.25, -0.2) is 4.79 Å². The van der Waals surface area contributed by atoms with Gasteiger partial charge in [0.1, 0.15) is 22.3 Å². The second-order valence-electron chi connectivity index (χ2n) is 3.40. The third-order valence-corrected chi connectivity index (χ3v) is 2.35. The predicted octanol–water partition coefficient (Wildman–Crippen LogP) is 1.67. The Bertz CT molecular complexity index is 545. The number of ether oxygens (including phenoxy) is 1. The maximum atomic E-state index is 11.0. The Hall–Kier alpha value is -2.04. The number of rotatable bonds is 3. The summed E-state index contributed by atoms with van der Waals surface area (Å²) in [5, 5.41) is 9.02. The van der Waals surface area contributed by atoms with Gasteiger partial charge in [0.15, 0.2) is 0 Å². The maximum absolute atomic E-state index is 11.0. The average molecular weight is 220 g/mol. The molecule has 5 nitrogen and oxygen atoms in total. The number of aromatic carboxylic acids is 1. The molecule has 1 N–H and O–H groups in total. The summed E-state index contributed by atoms with van der Waals surface area (Å²) in [4.78, 5) is 15.1. The van der Waals surface area contributed by atoms with Gasteiger partial charge in [0.25, 0.3) is 0 Å². The Kier molecular flexibility index (Phi) is 2.52. The van der Waals surface area contributed by atoms with Gasteiger partial charge in [-0.15, -0.1) is 0 Å². The zero-order chi connectivity index (χ0) is 11.7. The van der Waals surface area contributed by atoms with Crippen LogP contribution in [0.4, 0.5) is 0 Å². The SMILES string of the molecule is CCOc1ccnc2c(C(=O)O)cn(C)c12. The second-order valence-corrected chi connectivity index (χ2v) is 3.40. The Morgan fingerprint density at radius 2 is 2.38 bits per heavy atom. The normalized spacial score (nSPS) is 10.6. The molecule has 0 aliphatic carbocycles. The molecule has 2 heterocycles. The summed E-state index contributed by atoms with van der Waals surface area (Å²) < 4.78 is 7.16. The minimum atomic E-state index is -0.980. The van der Waals surface area contributed by atoms with Gasteiger partial charge in [0, 0.05) is 25.5 Å². The highest BCUT2D eigenvalue weighted by Gasteiger charge is 2.16. The van der Waals surface area contributed by atoms with E-state index in [1.807, 2.05) is 6.92 Å². The monoisotopic (exact) mass is 220 g/mol. The third-order valence-electron chi connectivity index (χ3n) is 2.35. The van der Waals surface area contributed by atoms with Crippen molar-refractivity contribution in [3.8, 4) is 5.75 Å². The van der Waals surface area contributed by atoms with Crippen molar-refractivity contribution in [3.05, 3.63) is 24.0 Å². The number of pyridine rings is 1. The molecule has 0 saturated carbocycles. The standard InChI is InChI=1S/C11H12N2O3/c1-3-16-8-4-5-12-9-7(11(14)15)6-13(2)10(8)9/h4-6H,3H2,1-2H3,(H,14,15). The number of carbonyl (C=O) groups is 1. The van der Waals surface area contributed by atoms with E-state index in [-0.39, 0.29) is 5.56 Å². The van der Waals surface area contributed by atoms with Gasteiger partial charge < -0.3 is 14.4 Å². The van der Waals surface area contributed by atoms with Crippen LogP contribution in [0.1, 0.15) is 17.3 Å². The zero-order valence-corrected chi connectivity index (χ0v) is 9.10. The quantitative estimate of drug-likeness (QED) is 0.854. The van der Waals surface area contributed by atoms with E-state index in [2.05, 4.69) is 4.98 Å².